The fourth-order valence-corrected chi connectivity index (χ4v) is 3.71. The molecule has 3 heterocycles. The van der Waals surface area contributed by atoms with Gasteiger partial charge in [0.2, 0.25) is 5.78 Å². The molecular formula is C23H17N5O3. The zero-order valence-corrected chi connectivity index (χ0v) is 16.3. The fourth-order valence-electron chi connectivity index (χ4n) is 3.71. The first-order valence-electron chi connectivity index (χ1n) is 9.68. The summed E-state index contributed by atoms with van der Waals surface area (Å²) in [5.41, 5.74) is 2.25. The molecule has 0 radical (unpaired) electrons. The predicted octanol–water partition coefficient (Wildman–Crippen LogP) is 2.78. The number of benzene rings is 2. The zero-order chi connectivity index (χ0) is 21.4. The second-order valence-electron chi connectivity index (χ2n) is 7.20. The molecule has 5 rings (SSSR count). The Morgan fingerprint density at radius 3 is 2.45 bits per heavy atom. The summed E-state index contributed by atoms with van der Waals surface area (Å²) >= 11 is 0. The molecule has 0 aliphatic heterocycles. The molecule has 0 fully saturated rings. The van der Waals surface area contributed by atoms with Crippen LogP contribution in [0.5, 0.6) is 0 Å². The highest BCUT2D eigenvalue weighted by Gasteiger charge is 2.18. The van der Waals surface area contributed by atoms with Gasteiger partial charge in [-0.15, -0.1) is 10.2 Å². The molecule has 0 saturated heterocycles. The van der Waals surface area contributed by atoms with Crippen LogP contribution in [0.15, 0.2) is 77.9 Å². The van der Waals surface area contributed by atoms with Crippen molar-refractivity contribution in [3.63, 3.8) is 0 Å². The number of nitrogens with zero attached hydrogens (tertiary/aromatic N) is 5. The number of pyridine rings is 1. The first-order valence-corrected chi connectivity index (χ1v) is 9.68. The molecule has 0 bridgehead atoms. The van der Waals surface area contributed by atoms with Crippen LogP contribution in [0.3, 0.4) is 0 Å². The minimum Gasteiger partial charge on any atom is -0.478 e. The van der Waals surface area contributed by atoms with E-state index >= 15 is 0 Å². The second-order valence-corrected chi connectivity index (χ2v) is 7.20. The number of hydrogen-bond donors (Lipinski definition) is 1. The lowest BCUT2D eigenvalue weighted by Gasteiger charge is -2.12. The SMILES string of the molecule is O=C(O)c1ccc2c(c1)c(=O)n(Cc1ccccc1)c1nnc(Cc3ccncc3)n21. The van der Waals surface area contributed by atoms with Gasteiger partial charge in [0.05, 0.1) is 23.0 Å². The number of aromatic carboxylic acids is 1. The van der Waals surface area contributed by atoms with Gasteiger partial charge in [0.1, 0.15) is 5.82 Å². The van der Waals surface area contributed by atoms with Crippen LogP contribution in [0.2, 0.25) is 0 Å². The van der Waals surface area contributed by atoms with Gasteiger partial charge in [0, 0.05) is 18.8 Å². The van der Waals surface area contributed by atoms with Crippen molar-refractivity contribution in [2.45, 2.75) is 13.0 Å². The number of aromatic nitrogens is 5. The van der Waals surface area contributed by atoms with E-state index < -0.39 is 5.97 Å². The molecule has 0 aliphatic rings. The van der Waals surface area contributed by atoms with E-state index in [4.69, 9.17) is 0 Å². The first-order chi connectivity index (χ1) is 15.1. The Morgan fingerprint density at radius 1 is 0.935 bits per heavy atom. The number of fused-ring (bicyclic) bond motifs is 3. The molecule has 0 amide bonds. The summed E-state index contributed by atoms with van der Waals surface area (Å²) in [6.45, 7) is 0.295. The van der Waals surface area contributed by atoms with E-state index in [0.717, 1.165) is 11.1 Å². The lowest BCUT2D eigenvalue weighted by molar-refractivity contribution is 0.0697. The van der Waals surface area contributed by atoms with Gasteiger partial charge in [-0.2, -0.15) is 0 Å². The molecule has 8 nitrogen and oxygen atoms in total. The topological polar surface area (TPSA) is 102 Å². The molecular weight excluding hydrogens is 394 g/mol. The average Bonchev–Trinajstić information content (AvgIpc) is 3.21. The second kappa shape index (κ2) is 7.49. The molecule has 31 heavy (non-hydrogen) atoms. The van der Waals surface area contributed by atoms with E-state index in [9.17, 15) is 14.7 Å². The average molecular weight is 411 g/mol. The smallest absolute Gasteiger partial charge is 0.335 e. The van der Waals surface area contributed by atoms with E-state index in [-0.39, 0.29) is 11.1 Å². The summed E-state index contributed by atoms with van der Waals surface area (Å²) in [5.74, 6) is -0.0265. The Balaban J connectivity index is 1.79. The highest BCUT2D eigenvalue weighted by molar-refractivity contribution is 5.93. The highest BCUT2D eigenvalue weighted by atomic mass is 16.4. The molecule has 3 aromatic heterocycles. The van der Waals surface area contributed by atoms with Crippen LogP contribution in [-0.4, -0.2) is 35.2 Å². The minimum absolute atomic E-state index is 0.0546. The third kappa shape index (κ3) is 3.33. The minimum atomic E-state index is -1.09. The van der Waals surface area contributed by atoms with Gasteiger partial charge in [-0.3, -0.25) is 18.7 Å². The zero-order valence-electron chi connectivity index (χ0n) is 16.3. The summed E-state index contributed by atoms with van der Waals surface area (Å²) < 4.78 is 3.36. The number of carboxylic acid groups (broad SMARTS) is 1. The molecule has 2 aromatic carbocycles. The van der Waals surface area contributed by atoms with Crippen LogP contribution < -0.4 is 5.56 Å². The monoisotopic (exact) mass is 411 g/mol. The number of hydrogen-bond acceptors (Lipinski definition) is 5. The van der Waals surface area contributed by atoms with E-state index in [2.05, 4.69) is 15.2 Å². The molecule has 0 atom stereocenters. The molecule has 1 N–H and O–H groups in total. The molecule has 0 aliphatic carbocycles. The third-order valence-corrected chi connectivity index (χ3v) is 5.21. The van der Waals surface area contributed by atoms with Gasteiger partial charge in [0.15, 0.2) is 0 Å². The Bertz CT molecular complexity index is 1470. The summed E-state index contributed by atoms with van der Waals surface area (Å²) in [4.78, 5) is 28.9. The van der Waals surface area contributed by atoms with Crippen molar-refractivity contribution in [3.05, 3.63) is 106 Å². The van der Waals surface area contributed by atoms with Gasteiger partial charge < -0.3 is 5.11 Å². The van der Waals surface area contributed by atoms with Gasteiger partial charge in [0.25, 0.3) is 5.56 Å². The van der Waals surface area contributed by atoms with Crippen molar-refractivity contribution < 1.29 is 9.90 Å². The lowest BCUT2D eigenvalue weighted by Crippen LogP contribution is -2.24. The van der Waals surface area contributed by atoms with Gasteiger partial charge in [-0.25, -0.2) is 4.79 Å². The van der Waals surface area contributed by atoms with Crippen molar-refractivity contribution in [2.75, 3.05) is 0 Å². The van der Waals surface area contributed by atoms with E-state index in [1.54, 1.807) is 18.5 Å². The maximum Gasteiger partial charge on any atom is 0.335 e. The van der Waals surface area contributed by atoms with Crippen LogP contribution in [0.25, 0.3) is 16.7 Å². The Morgan fingerprint density at radius 2 is 1.71 bits per heavy atom. The maximum atomic E-state index is 13.4. The summed E-state index contributed by atoms with van der Waals surface area (Å²) in [7, 11) is 0. The van der Waals surface area contributed by atoms with Gasteiger partial charge in [-0.05, 0) is 41.5 Å². The lowest BCUT2D eigenvalue weighted by atomic mass is 10.1. The van der Waals surface area contributed by atoms with Crippen LogP contribution in [-0.2, 0) is 13.0 Å². The van der Waals surface area contributed by atoms with Gasteiger partial charge in [-0.1, -0.05) is 30.3 Å². The van der Waals surface area contributed by atoms with E-state index in [0.29, 0.717) is 35.5 Å². The normalized spacial score (nSPS) is 11.2. The summed E-state index contributed by atoms with van der Waals surface area (Å²) in [6.07, 6.45) is 3.91. The maximum absolute atomic E-state index is 13.4. The number of carboxylic acids is 1. The van der Waals surface area contributed by atoms with E-state index in [1.807, 2.05) is 46.9 Å². The van der Waals surface area contributed by atoms with Crippen molar-refractivity contribution >= 4 is 22.6 Å². The molecule has 0 saturated carbocycles. The third-order valence-electron chi connectivity index (χ3n) is 5.21. The highest BCUT2D eigenvalue weighted by Crippen LogP contribution is 2.19. The van der Waals surface area contributed by atoms with Crippen LogP contribution >= 0.6 is 0 Å². The predicted molar refractivity (Wildman–Crippen MR) is 114 cm³/mol. The van der Waals surface area contributed by atoms with Crippen molar-refractivity contribution in [1.82, 2.24) is 24.1 Å². The summed E-state index contributed by atoms with van der Waals surface area (Å²) in [5, 5.41) is 18.4. The molecule has 0 unspecified atom stereocenters. The van der Waals surface area contributed by atoms with E-state index in [1.165, 1.54) is 16.7 Å². The summed E-state index contributed by atoms with van der Waals surface area (Å²) in [6, 6.07) is 17.9. The number of rotatable bonds is 5. The largest absolute Gasteiger partial charge is 0.478 e. The molecule has 0 spiro atoms. The van der Waals surface area contributed by atoms with Gasteiger partial charge >= 0.3 is 5.97 Å². The van der Waals surface area contributed by atoms with Crippen molar-refractivity contribution in [2.24, 2.45) is 0 Å². The van der Waals surface area contributed by atoms with Crippen LogP contribution in [0, 0.1) is 0 Å². The van der Waals surface area contributed by atoms with Crippen molar-refractivity contribution in [1.29, 1.82) is 0 Å². The first kappa shape index (κ1) is 18.7. The molecule has 5 aromatic rings. The number of carbonyl (C=O) groups is 1. The Labute approximate surface area is 176 Å². The van der Waals surface area contributed by atoms with Crippen LogP contribution in [0.4, 0.5) is 0 Å². The Hall–Kier alpha value is -4.33. The standard InChI is InChI=1S/C23H17N5O3/c29-21-18-13-17(22(30)31)6-7-19(18)28-20(12-15-8-10-24-11-9-15)25-26-23(28)27(21)14-16-4-2-1-3-5-16/h1-11,13H,12,14H2,(H,30,31). The van der Waals surface area contributed by atoms with Crippen molar-refractivity contribution in [3.8, 4) is 0 Å². The molecule has 152 valence electrons. The Kier molecular flexibility index (Phi) is 4.51. The van der Waals surface area contributed by atoms with Crippen LogP contribution in [0.1, 0.15) is 27.3 Å². The quantitative estimate of drug-likeness (QED) is 0.477. The molecule has 8 heteroatoms. The fraction of sp³-hybridized carbons (Fsp3) is 0.0870.